The van der Waals surface area contributed by atoms with Crippen molar-refractivity contribution < 1.29 is 22.7 Å². The Labute approximate surface area is 105 Å². The second-order valence-corrected chi connectivity index (χ2v) is 5.89. The number of hydrogen-bond donors (Lipinski definition) is 1. The molecule has 1 unspecified atom stereocenters. The van der Waals surface area contributed by atoms with Gasteiger partial charge in [-0.15, -0.1) is 0 Å². The lowest BCUT2D eigenvalue weighted by molar-refractivity contribution is -0.149. The zero-order chi connectivity index (χ0) is 13.1. The van der Waals surface area contributed by atoms with E-state index in [4.69, 9.17) is 10.5 Å². The van der Waals surface area contributed by atoms with Gasteiger partial charge >= 0.3 is 5.97 Å². The van der Waals surface area contributed by atoms with E-state index in [1.54, 1.807) is 0 Å². The minimum Gasteiger partial charge on any atom is -0.468 e. The van der Waals surface area contributed by atoms with Gasteiger partial charge in [0, 0.05) is 6.54 Å². The van der Waals surface area contributed by atoms with Crippen molar-refractivity contribution >= 4 is 33.2 Å². The van der Waals surface area contributed by atoms with Crippen LogP contribution in [-0.2, 0) is 24.3 Å². The molecule has 1 heterocycles. The number of ether oxygens (including phenoxy) is 2. The fourth-order valence-corrected chi connectivity index (χ4v) is 3.37. The van der Waals surface area contributed by atoms with Crippen molar-refractivity contribution in [1.29, 1.82) is 0 Å². The normalized spacial score (nSPS) is 22.1. The van der Waals surface area contributed by atoms with E-state index < -0.39 is 27.8 Å². The first-order valence-electron chi connectivity index (χ1n) is 4.82. The van der Waals surface area contributed by atoms with E-state index in [1.165, 1.54) is 7.11 Å². The van der Waals surface area contributed by atoms with Crippen LogP contribution in [0.1, 0.15) is 0 Å². The van der Waals surface area contributed by atoms with Gasteiger partial charge in [0.1, 0.15) is 11.8 Å². The van der Waals surface area contributed by atoms with Crippen LogP contribution < -0.4 is 5.73 Å². The Hall–Kier alpha value is -0.770. The summed E-state index contributed by atoms with van der Waals surface area (Å²) in [4.78, 5) is 11.3. The van der Waals surface area contributed by atoms with Crippen molar-refractivity contribution in [3.63, 3.8) is 0 Å². The molecule has 7 nitrogen and oxygen atoms in total. The first-order chi connectivity index (χ1) is 7.88. The van der Waals surface area contributed by atoms with Crippen LogP contribution in [0.4, 0.5) is 0 Å². The van der Waals surface area contributed by atoms with Crippen molar-refractivity contribution in [1.82, 2.24) is 4.31 Å². The van der Waals surface area contributed by atoms with Crippen LogP contribution in [0.15, 0.2) is 0 Å². The van der Waals surface area contributed by atoms with E-state index in [0.29, 0.717) is 0 Å². The van der Waals surface area contributed by atoms with E-state index in [2.05, 4.69) is 17.0 Å². The number of carbonyl (C=O) groups excluding carboxylic acids is 1. The minimum atomic E-state index is -3.70. The molecular formula is C8H14N2O5S2. The van der Waals surface area contributed by atoms with Gasteiger partial charge in [-0.25, -0.2) is 8.42 Å². The average molecular weight is 282 g/mol. The number of thiocarbonyl (C=S) groups is 1. The fourth-order valence-electron chi connectivity index (χ4n) is 1.51. The Balaban J connectivity index is 2.91. The molecule has 0 radical (unpaired) electrons. The molecule has 0 aromatic rings. The van der Waals surface area contributed by atoms with Crippen LogP contribution in [0.2, 0.25) is 0 Å². The summed E-state index contributed by atoms with van der Waals surface area (Å²) in [5, 5.41) is 0. The van der Waals surface area contributed by atoms with Gasteiger partial charge in [-0.05, 0) is 0 Å². The molecule has 0 aliphatic carbocycles. The number of methoxy groups -OCH3 is 1. The summed E-state index contributed by atoms with van der Waals surface area (Å²) in [6.45, 7) is 0.290. The molecule has 0 spiro atoms. The van der Waals surface area contributed by atoms with Crippen molar-refractivity contribution in [3.05, 3.63) is 0 Å². The Bertz CT molecular complexity index is 408. The number of hydrogen-bond acceptors (Lipinski definition) is 6. The van der Waals surface area contributed by atoms with Crippen LogP contribution in [0, 0.1) is 0 Å². The molecule has 98 valence electrons. The Morgan fingerprint density at radius 1 is 1.65 bits per heavy atom. The SMILES string of the molecule is COC(=O)C1COCCN1S(=O)(=O)CC(N)=S. The second kappa shape index (κ2) is 5.71. The lowest BCUT2D eigenvalue weighted by Gasteiger charge is -2.32. The van der Waals surface area contributed by atoms with Gasteiger partial charge in [0.25, 0.3) is 0 Å². The maximum atomic E-state index is 11.9. The van der Waals surface area contributed by atoms with Crippen LogP contribution in [0.3, 0.4) is 0 Å². The highest BCUT2D eigenvalue weighted by Crippen LogP contribution is 2.14. The monoisotopic (exact) mass is 282 g/mol. The highest BCUT2D eigenvalue weighted by molar-refractivity contribution is 7.92. The molecule has 1 aliphatic heterocycles. The minimum absolute atomic E-state index is 0.0246. The fraction of sp³-hybridized carbons (Fsp3) is 0.750. The molecule has 1 saturated heterocycles. The first kappa shape index (κ1) is 14.3. The number of rotatable bonds is 4. The average Bonchev–Trinajstić information content (AvgIpc) is 2.26. The summed E-state index contributed by atoms with van der Waals surface area (Å²) >= 11 is 4.57. The summed E-state index contributed by atoms with van der Waals surface area (Å²) in [6.07, 6.45) is 0. The van der Waals surface area contributed by atoms with Gasteiger partial charge in [0.15, 0.2) is 0 Å². The van der Waals surface area contributed by atoms with E-state index in [9.17, 15) is 13.2 Å². The van der Waals surface area contributed by atoms with Gasteiger partial charge in [-0.2, -0.15) is 4.31 Å². The quantitative estimate of drug-likeness (QED) is 0.493. The molecular weight excluding hydrogens is 268 g/mol. The Kier molecular flexibility index (Phi) is 4.80. The highest BCUT2D eigenvalue weighted by atomic mass is 32.2. The Morgan fingerprint density at radius 3 is 2.82 bits per heavy atom. The van der Waals surface area contributed by atoms with Gasteiger partial charge < -0.3 is 15.2 Å². The molecule has 1 rings (SSSR count). The van der Waals surface area contributed by atoms with E-state index >= 15 is 0 Å². The van der Waals surface area contributed by atoms with E-state index in [-0.39, 0.29) is 24.7 Å². The number of sulfonamides is 1. The van der Waals surface area contributed by atoms with Crippen molar-refractivity contribution in [2.75, 3.05) is 32.6 Å². The third-order valence-corrected chi connectivity index (χ3v) is 4.39. The van der Waals surface area contributed by atoms with Crippen LogP contribution >= 0.6 is 12.2 Å². The topological polar surface area (TPSA) is 98.9 Å². The summed E-state index contributed by atoms with van der Waals surface area (Å²) < 4.78 is 34.5. The second-order valence-electron chi connectivity index (χ2n) is 3.45. The molecule has 0 aromatic heterocycles. The lowest BCUT2D eigenvalue weighted by Crippen LogP contribution is -2.54. The number of carbonyl (C=O) groups is 1. The number of morpholine rings is 1. The van der Waals surface area contributed by atoms with Gasteiger partial charge in [-0.1, -0.05) is 12.2 Å². The summed E-state index contributed by atoms with van der Waals surface area (Å²) in [6, 6.07) is -0.965. The molecule has 0 bridgehead atoms. The zero-order valence-electron chi connectivity index (χ0n) is 9.29. The third kappa shape index (κ3) is 3.60. The molecule has 1 atom stereocenters. The molecule has 17 heavy (non-hydrogen) atoms. The van der Waals surface area contributed by atoms with Crippen LogP contribution in [0.25, 0.3) is 0 Å². The lowest BCUT2D eigenvalue weighted by atomic mass is 10.3. The maximum Gasteiger partial charge on any atom is 0.326 e. The van der Waals surface area contributed by atoms with Gasteiger partial charge in [0.2, 0.25) is 10.0 Å². The molecule has 1 fully saturated rings. The largest absolute Gasteiger partial charge is 0.468 e. The van der Waals surface area contributed by atoms with Crippen molar-refractivity contribution in [3.8, 4) is 0 Å². The summed E-state index contributed by atoms with van der Waals surface area (Å²) in [5.74, 6) is -1.12. The molecule has 9 heteroatoms. The number of nitrogens with zero attached hydrogens (tertiary/aromatic N) is 1. The molecule has 1 aliphatic rings. The third-order valence-electron chi connectivity index (χ3n) is 2.23. The first-order valence-corrected chi connectivity index (χ1v) is 6.83. The predicted molar refractivity (Wildman–Crippen MR) is 63.9 cm³/mol. The predicted octanol–water partition coefficient (Wildman–Crippen LogP) is -1.52. The van der Waals surface area contributed by atoms with Crippen LogP contribution in [0.5, 0.6) is 0 Å². The van der Waals surface area contributed by atoms with E-state index in [1.807, 2.05) is 0 Å². The van der Waals surface area contributed by atoms with Crippen LogP contribution in [-0.4, -0.2) is 62.3 Å². The highest BCUT2D eigenvalue weighted by Gasteiger charge is 2.38. The van der Waals surface area contributed by atoms with E-state index in [0.717, 1.165) is 4.31 Å². The van der Waals surface area contributed by atoms with Crippen molar-refractivity contribution in [2.24, 2.45) is 5.73 Å². The molecule has 0 amide bonds. The van der Waals surface area contributed by atoms with Gasteiger partial charge in [-0.3, -0.25) is 4.79 Å². The smallest absolute Gasteiger partial charge is 0.326 e. The number of nitrogens with two attached hydrogens (primary N) is 1. The number of esters is 1. The molecule has 0 saturated carbocycles. The van der Waals surface area contributed by atoms with Gasteiger partial charge in [0.05, 0.1) is 25.3 Å². The molecule has 0 aromatic carbocycles. The Morgan fingerprint density at radius 2 is 2.29 bits per heavy atom. The summed E-state index contributed by atoms with van der Waals surface area (Å²) in [7, 11) is -2.51. The summed E-state index contributed by atoms with van der Waals surface area (Å²) in [5.41, 5.74) is 5.22. The standard InChI is InChI=1S/C8H14N2O5S2/c1-14-8(11)6-4-15-3-2-10(6)17(12,13)5-7(9)16/h6H,2-5H2,1H3,(H2,9,16). The molecule has 2 N–H and O–H groups in total. The zero-order valence-corrected chi connectivity index (χ0v) is 10.9. The van der Waals surface area contributed by atoms with Crippen molar-refractivity contribution in [2.45, 2.75) is 6.04 Å². The maximum absolute atomic E-state index is 11.9.